The molecule has 0 aliphatic carbocycles. The summed E-state index contributed by atoms with van der Waals surface area (Å²) in [5, 5.41) is 0.423. The van der Waals surface area contributed by atoms with Crippen LogP contribution in [0.15, 0.2) is 56.3 Å². The van der Waals surface area contributed by atoms with Gasteiger partial charge in [-0.15, -0.1) is 0 Å². The number of rotatable bonds is 3. The first-order chi connectivity index (χ1) is 10.2. The van der Waals surface area contributed by atoms with Gasteiger partial charge < -0.3 is 13.6 Å². The predicted molar refractivity (Wildman–Crippen MR) is 75.9 cm³/mol. The monoisotopic (exact) mass is 284 g/mol. The van der Waals surface area contributed by atoms with Crippen LogP contribution in [0.2, 0.25) is 0 Å². The number of methoxy groups -OCH3 is 1. The number of ether oxygens (including phenoxy) is 1. The number of fused-ring (bicyclic) bond motifs is 1. The van der Waals surface area contributed by atoms with Gasteiger partial charge in [0.2, 0.25) is 0 Å². The molecule has 0 saturated heterocycles. The van der Waals surface area contributed by atoms with Gasteiger partial charge >= 0.3 is 5.97 Å². The van der Waals surface area contributed by atoms with Gasteiger partial charge in [-0.1, -0.05) is 6.07 Å². The van der Waals surface area contributed by atoms with Crippen LogP contribution >= 0.6 is 0 Å². The highest BCUT2D eigenvalue weighted by atomic mass is 16.5. The van der Waals surface area contributed by atoms with Crippen LogP contribution in [0, 0.1) is 0 Å². The summed E-state index contributed by atoms with van der Waals surface area (Å²) >= 11 is 0. The van der Waals surface area contributed by atoms with E-state index in [1.807, 2.05) is 0 Å². The number of carbonyl (C=O) groups excluding carboxylic acids is 1. The third kappa shape index (κ3) is 2.58. The second kappa shape index (κ2) is 5.28. The van der Waals surface area contributed by atoms with Crippen LogP contribution in [0.25, 0.3) is 22.5 Å². The molecule has 0 unspecified atom stereocenters. The zero-order valence-corrected chi connectivity index (χ0v) is 11.3. The molecule has 0 atom stereocenters. The summed E-state index contributed by atoms with van der Waals surface area (Å²) in [4.78, 5) is 23.5. The van der Waals surface area contributed by atoms with Crippen molar-refractivity contribution in [3.05, 3.63) is 58.4 Å². The fourth-order valence-corrected chi connectivity index (χ4v) is 2.09. The quantitative estimate of drug-likeness (QED) is 0.692. The fraction of sp³-hybridized carbons (Fsp3) is 0.125. The second-order valence-corrected chi connectivity index (χ2v) is 4.54. The maximum atomic E-state index is 12.2. The van der Waals surface area contributed by atoms with E-state index in [9.17, 15) is 9.59 Å². The maximum Gasteiger partial charge on any atom is 0.309 e. The zero-order chi connectivity index (χ0) is 14.8. The van der Waals surface area contributed by atoms with Gasteiger partial charge in [-0.2, -0.15) is 0 Å². The lowest BCUT2D eigenvalue weighted by molar-refractivity contribution is -0.139. The van der Waals surface area contributed by atoms with Gasteiger partial charge in [0.1, 0.15) is 5.58 Å². The average Bonchev–Trinajstić information content (AvgIpc) is 3.02. The molecule has 5 heteroatoms. The Morgan fingerprint density at radius 3 is 2.76 bits per heavy atom. The molecule has 0 N–H and O–H groups in total. The van der Waals surface area contributed by atoms with Crippen LogP contribution in [0.3, 0.4) is 0 Å². The third-order valence-corrected chi connectivity index (χ3v) is 3.13. The van der Waals surface area contributed by atoms with Gasteiger partial charge in [0, 0.05) is 6.07 Å². The largest absolute Gasteiger partial charge is 0.469 e. The standard InChI is InChI=1S/C16H12O5/c1-19-16(18)8-10-4-5-13-11(7-10)12(17)9-15(21-13)14-3-2-6-20-14/h2-7,9H,8H2,1H3. The van der Waals surface area contributed by atoms with Crippen molar-refractivity contribution in [3.8, 4) is 11.5 Å². The van der Waals surface area contributed by atoms with Gasteiger partial charge in [-0.25, -0.2) is 0 Å². The second-order valence-electron chi connectivity index (χ2n) is 4.54. The summed E-state index contributed by atoms with van der Waals surface area (Å²) in [5.74, 6) is 0.511. The van der Waals surface area contributed by atoms with E-state index in [4.69, 9.17) is 8.83 Å². The van der Waals surface area contributed by atoms with Gasteiger partial charge in [-0.3, -0.25) is 9.59 Å². The molecule has 106 valence electrons. The molecule has 0 radical (unpaired) electrons. The van der Waals surface area contributed by atoms with Crippen LogP contribution < -0.4 is 5.43 Å². The van der Waals surface area contributed by atoms with Crippen molar-refractivity contribution in [3.63, 3.8) is 0 Å². The Kier molecular flexibility index (Phi) is 3.31. The molecule has 0 amide bonds. The molecule has 5 nitrogen and oxygen atoms in total. The van der Waals surface area contributed by atoms with Gasteiger partial charge in [0.25, 0.3) is 0 Å². The highest BCUT2D eigenvalue weighted by Gasteiger charge is 2.10. The van der Waals surface area contributed by atoms with Crippen molar-refractivity contribution in [2.45, 2.75) is 6.42 Å². The van der Waals surface area contributed by atoms with Crippen LogP contribution in [0.5, 0.6) is 0 Å². The summed E-state index contributed by atoms with van der Waals surface area (Å²) in [6.45, 7) is 0. The number of furan rings is 1. The minimum atomic E-state index is -0.356. The van der Waals surface area contributed by atoms with Gasteiger partial charge in [0.15, 0.2) is 16.9 Å². The number of hydrogen-bond donors (Lipinski definition) is 0. The normalized spacial score (nSPS) is 10.7. The highest BCUT2D eigenvalue weighted by Crippen LogP contribution is 2.23. The summed E-state index contributed by atoms with van der Waals surface area (Å²) in [6.07, 6.45) is 1.63. The number of benzene rings is 1. The van der Waals surface area contributed by atoms with Crippen LogP contribution in [0.4, 0.5) is 0 Å². The molecule has 2 aromatic heterocycles. The lowest BCUT2D eigenvalue weighted by Gasteiger charge is -2.03. The van der Waals surface area contributed by atoms with E-state index in [1.54, 1.807) is 30.3 Å². The summed E-state index contributed by atoms with van der Waals surface area (Å²) in [6, 6.07) is 9.86. The maximum absolute atomic E-state index is 12.2. The number of esters is 1. The predicted octanol–water partition coefficient (Wildman–Crippen LogP) is 2.77. The molecule has 3 rings (SSSR count). The van der Waals surface area contributed by atoms with Crippen LogP contribution in [-0.4, -0.2) is 13.1 Å². The van der Waals surface area contributed by atoms with Crippen molar-refractivity contribution in [1.29, 1.82) is 0 Å². The summed E-state index contributed by atoms with van der Waals surface area (Å²) in [5.41, 5.74) is 0.962. The van der Waals surface area contributed by atoms with Crippen molar-refractivity contribution >= 4 is 16.9 Å². The van der Waals surface area contributed by atoms with Crippen molar-refractivity contribution in [2.24, 2.45) is 0 Å². The molecular formula is C16H12O5. The van der Waals surface area contributed by atoms with Crippen LogP contribution in [-0.2, 0) is 16.0 Å². The Balaban J connectivity index is 2.07. The molecule has 0 aliphatic heterocycles. The van der Waals surface area contributed by atoms with Gasteiger partial charge in [-0.05, 0) is 29.8 Å². The zero-order valence-electron chi connectivity index (χ0n) is 11.3. The molecule has 0 spiro atoms. The van der Waals surface area contributed by atoms with E-state index in [1.165, 1.54) is 19.4 Å². The summed E-state index contributed by atoms with van der Waals surface area (Å²) < 4.78 is 15.5. The highest BCUT2D eigenvalue weighted by molar-refractivity contribution is 5.81. The first-order valence-corrected chi connectivity index (χ1v) is 6.35. The van der Waals surface area contributed by atoms with Crippen LogP contribution in [0.1, 0.15) is 5.56 Å². The molecule has 0 fully saturated rings. The van der Waals surface area contributed by atoms with E-state index in [0.717, 1.165) is 0 Å². The van der Waals surface area contributed by atoms with Crippen molar-refractivity contribution in [2.75, 3.05) is 7.11 Å². The first kappa shape index (κ1) is 13.2. The van der Waals surface area contributed by atoms with E-state index in [2.05, 4.69) is 4.74 Å². The topological polar surface area (TPSA) is 69.7 Å². The number of hydrogen-bond acceptors (Lipinski definition) is 5. The fourth-order valence-electron chi connectivity index (χ4n) is 2.09. The Bertz CT molecular complexity index is 843. The molecule has 21 heavy (non-hydrogen) atoms. The Labute approximate surface area is 119 Å². The van der Waals surface area contributed by atoms with Crippen molar-refractivity contribution in [1.82, 2.24) is 0 Å². The molecule has 0 bridgehead atoms. The SMILES string of the molecule is COC(=O)Cc1ccc2oc(-c3ccco3)cc(=O)c2c1. The lowest BCUT2D eigenvalue weighted by atomic mass is 10.1. The Hall–Kier alpha value is -2.82. The molecule has 1 aromatic carbocycles. The van der Waals surface area contributed by atoms with E-state index in [0.29, 0.717) is 28.1 Å². The third-order valence-electron chi connectivity index (χ3n) is 3.13. The first-order valence-electron chi connectivity index (χ1n) is 6.35. The molecule has 0 aliphatic rings. The summed E-state index contributed by atoms with van der Waals surface area (Å²) in [7, 11) is 1.33. The minimum absolute atomic E-state index is 0.117. The van der Waals surface area contributed by atoms with E-state index < -0.39 is 0 Å². The average molecular weight is 284 g/mol. The van der Waals surface area contributed by atoms with Gasteiger partial charge in [0.05, 0.1) is 25.2 Å². The minimum Gasteiger partial charge on any atom is -0.469 e. The number of carbonyl (C=O) groups is 1. The molecular weight excluding hydrogens is 272 g/mol. The van der Waals surface area contributed by atoms with E-state index >= 15 is 0 Å². The van der Waals surface area contributed by atoms with E-state index in [-0.39, 0.29) is 17.8 Å². The van der Waals surface area contributed by atoms with Crippen molar-refractivity contribution < 1.29 is 18.4 Å². The smallest absolute Gasteiger partial charge is 0.309 e. The molecule has 2 heterocycles. The Morgan fingerprint density at radius 1 is 1.19 bits per heavy atom. The molecule has 0 saturated carbocycles. The Morgan fingerprint density at radius 2 is 2.05 bits per heavy atom. The lowest BCUT2D eigenvalue weighted by Crippen LogP contribution is -2.06. The molecule has 3 aromatic rings.